The third-order valence-electron chi connectivity index (χ3n) is 2.84. The van der Waals surface area contributed by atoms with Gasteiger partial charge in [-0.25, -0.2) is 4.98 Å². The maximum absolute atomic E-state index is 4.78. The Balaban J connectivity index is 2.73. The van der Waals surface area contributed by atoms with E-state index in [0.717, 1.165) is 30.4 Å². The highest BCUT2D eigenvalue weighted by Crippen LogP contribution is 2.26. The van der Waals surface area contributed by atoms with Gasteiger partial charge in [-0.1, -0.05) is 6.92 Å². The Morgan fingerprint density at radius 1 is 1.37 bits per heavy atom. The fourth-order valence-electron chi connectivity index (χ4n) is 1.62. The van der Waals surface area contributed by atoms with E-state index < -0.39 is 0 Å². The maximum atomic E-state index is 4.78. The summed E-state index contributed by atoms with van der Waals surface area (Å²) in [5, 5.41) is 4.71. The van der Waals surface area contributed by atoms with Crippen molar-refractivity contribution in [2.45, 2.75) is 46.2 Å². The van der Waals surface area contributed by atoms with Crippen LogP contribution in [-0.4, -0.2) is 36.1 Å². The summed E-state index contributed by atoms with van der Waals surface area (Å²) >= 11 is 3.70. The van der Waals surface area contributed by atoms with Crippen molar-refractivity contribution in [2.75, 3.05) is 30.5 Å². The number of rotatable bonds is 7. The Morgan fingerprint density at radius 2 is 2.05 bits per heavy atom. The molecule has 0 aliphatic carbocycles. The molecule has 0 bridgehead atoms. The molecule has 1 heterocycles. The molecule has 0 fully saturated rings. The van der Waals surface area contributed by atoms with Crippen LogP contribution in [0.25, 0.3) is 0 Å². The van der Waals surface area contributed by atoms with E-state index in [1.54, 1.807) is 0 Å². The molecule has 0 saturated heterocycles. The molecule has 1 aromatic heterocycles. The molecule has 0 aliphatic rings. The number of thiazole rings is 1. The van der Waals surface area contributed by atoms with Gasteiger partial charge in [0, 0.05) is 36.3 Å². The van der Waals surface area contributed by atoms with Gasteiger partial charge in [0.15, 0.2) is 5.13 Å². The van der Waals surface area contributed by atoms with E-state index in [-0.39, 0.29) is 5.54 Å². The molecule has 110 valence electrons. The highest BCUT2D eigenvalue weighted by atomic mass is 32.2. The molecular formula is C14H27N3S2. The number of aryl methyl sites for hydroxylation is 1. The summed E-state index contributed by atoms with van der Waals surface area (Å²) in [6.45, 7) is 10.8. The molecule has 0 saturated carbocycles. The lowest BCUT2D eigenvalue weighted by molar-refractivity contribution is 0.425. The van der Waals surface area contributed by atoms with E-state index in [9.17, 15) is 0 Å². The molecule has 19 heavy (non-hydrogen) atoms. The zero-order chi connectivity index (χ0) is 14.5. The topological polar surface area (TPSA) is 28.2 Å². The fraction of sp³-hybridized carbons (Fsp3) is 0.786. The van der Waals surface area contributed by atoms with Crippen molar-refractivity contribution in [3.8, 4) is 0 Å². The lowest BCUT2D eigenvalue weighted by Gasteiger charge is -2.20. The number of hydrogen-bond donors (Lipinski definition) is 1. The zero-order valence-corrected chi connectivity index (χ0v) is 14.7. The molecule has 0 radical (unpaired) electrons. The fourth-order valence-corrected chi connectivity index (χ4v) is 3.15. The second kappa shape index (κ2) is 7.50. The first-order chi connectivity index (χ1) is 8.87. The lowest BCUT2D eigenvalue weighted by Crippen LogP contribution is -2.35. The predicted molar refractivity (Wildman–Crippen MR) is 89.7 cm³/mol. The summed E-state index contributed by atoms with van der Waals surface area (Å²) in [6, 6.07) is 0. The molecule has 1 N–H and O–H groups in total. The normalized spacial score (nSPS) is 11.9. The third kappa shape index (κ3) is 5.71. The Kier molecular flexibility index (Phi) is 6.63. The van der Waals surface area contributed by atoms with Crippen molar-refractivity contribution < 1.29 is 0 Å². The van der Waals surface area contributed by atoms with Gasteiger partial charge in [-0.15, -0.1) is 11.3 Å². The van der Waals surface area contributed by atoms with Crippen LogP contribution in [0.4, 0.5) is 5.13 Å². The van der Waals surface area contributed by atoms with Crippen LogP contribution in [0, 0.1) is 0 Å². The van der Waals surface area contributed by atoms with Gasteiger partial charge >= 0.3 is 0 Å². The summed E-state index contributed by atoms with van der Waals surface area (Å²) in [6.07, 6.45) is 3.15. The van der Waals surface area contributed by atoms with Crippen molar-refractivity contribution in [3.05, 3.63) is 10.6 Å². The summed E-state index contributed by atoms with van der Waals surface area (Å²) in [4.78, 5) is 8.42. The van der Waals surface area contributed by atoms with E-state index >= 15 is 0 Å². The quantitative estimate of drug-likeness (QED) is 0.835. The van der Waals surface area contributed by atoms with E-state index in [1.165, 1.54) is 10.6 Å². The Labute approximate surface area is 126 Å². The predicted octanol–water partition coefficient (Wildman–Crippen LogP) is 3.39. The molecule has 3 nitrogen and oxygen atoms in total. The van der Waals surface area contributed by atoms with Crippen molar-refractivity contribution in [2.24, 2.45) is 0 Å². The Bertz CT molecular complexity index is 383. The standard InChI is InChI=1S/C14H27N3S2/c1-7-11-12(10-15-14(2,3)4)19-13(16-11)17(5)8-9-18-6/h15H,7-10H2,1-6H3. The number of aromatic nitrogens is 1. The van der Waals surface area contributed by atoms with Gasteiger partial charge in [0.1, 0.15) is 0 Å². The molecule has 1 rings (SSSR count). The van der Waals surface area contributed by atoms with Crippen molar-refractivity contribution in [3.63, 3.8) is 0 Å². The van der Waals surface area contributed by atoms with Crippen LogP contribution < -0.4 is 10.2 Å². The molecule has 0 atom stereocenters. The molecule has 1 aromatic rings. The smallest absolute Gasteiger partial charge is 0.185 e. The van der Waals surface area contributed by atoms with E-state index in [4.69, 9.17) is 4.98 Å². The van der Waals surface area contributed by atoms with Crippen molar-refractivity contribution in [1.82, 2.24) is 10.3 Å². The van der Waals surface area contributed by atoms with Crippen LogP contribution >= 0.6 is 23.1 Å². The average Bonchev–Trinajstić information content (AvgIpc) is 2.76. The number of nitrogens with zero attached hydrogens (tertiary/aromatic N) is 2. The van der Waals surface area contributed by atoms with Gasteiger partial charge in [-0.05, 0) is 33.4 Å². The largest absolute Gasteiger partial charge is 0.350 e. The van der Waals surface area contributed by atoms with Gasteiger partial charge in [0.25, 0.3) is 0 Å². The monoisotopic (exact) mass is 301 g/mol. The van der Waals surface area contributed by atoms with Crippen LogP contribution in [0.2, 0.25) is 0 Å². The zero-order valence-electron chi connectivity index (χ0n) is 13.0. The van der Waals surface area contributed by atoms with Crippen molar-refractivity contribution in [1.29, 1.82) is 0 Å². The van der Waals surface area contributed by atoms with Crippen LogP contribution in [0.5, 0.6) is 0 Å². The van der Waals surface area contributed by atoms with Crippen LogP contribution in [-0.2, 0) is 13.0 Å². The molecule has 0 unspecified atom stereocenters. The number of thioether (sulfide) groups is 1. The SMILES string of the molecule is CCc1nc(N(C)CCSC)sc1CNC(C)(C)C. The average molecular weight is 302 g/mol. The molecule has 0 aliphatic heterocycles. The van der Waals surface area contributed by atoms with E-state index in [0.29, 0.717) is 0 Å². The van der Waals surface area contributed by atoms with Gasteiger partial charge in [-0.2, -0.15) is 11.8 Å². The first-order valence-electron chi connectivity index (χ1n) is 6.81. The van der Waals surface area contributed by atoms with Gasteiger partial charge in [-0.3, -0.25) is 0 Å². The third-order valence-corrected chi connectivity index (χ3v) is 4.64. The Morgan fingerprint density at radius 3 is 2.58 bits per heavy atom. The number of hydrogen-bond acceptors (Lipinski definition) is 5. The molecule has 5 heteroatoms. The maximum Gasteiger partial charge on any atom is 0.185 e. The second-order valence-corrected chi connectivity index (χ2v) is 7.79. The highest BCUT2D eigenvalue weighted by Gasteiger charge is 2.15. The molecule has 0 amide bonds. The number of nitrogens with one attached hydrogen (secondary N) is 1. The van der Waals surface area contributed by atoms with Crippen LogP contribution in [0.1, 0.15) is 38.3 Å². The first kappa shape index (κ1) is 16.8. The van der Waals surface area contributed by atoms with E-state index in [1.807, 2.05) is 23.1 Å². The Hall–Kier alpha value is -0.260. The minimum atomic E-state index is 0.153. The van der Waals surface area contributed by atoms with Crippen molar-refractivity contribution >= 4 is 28.2 Å². The second-order valence-electron chi connectivity index (χ2n) is 5.74. The lowest BCUT2D eigenvalue weighted by atomic mass is 10.1. The van der Waals surface area contributed by atoms with E-state index in [2.05, 4.69) is 51.2 Å². The first-order valence-corrected chi connectivity index (χ1v) is 9.02. The van der Waals surface area contributed by atoms with Gasteiger partial charge in [0.05, 0.1) is 5.69 Å². The summed E-state index contributed by atoms with van der Waals surface area (Å²) in [5.41, 5.74) is 1.40. The number of anilines is 1. The van der Waals surface area contributed by atoms with Gasteiger partial charge in [0.2, 0.25) is 0 Å². The van der Waals surface area contributed by atoms with Crippen LogP contribution in [0.15, 0.2) is 0 Å². The molecular weight excluding hydrogens is 274 g/mol. The minimum Gasteiger partial charge on any atom is -0.350 e. The molecule has 0 aromatic carbocycles. The van der Waals surface area contributed by atoms with Gasteiger partial charge < -0.3 is 10.2 Å². The summed E-state index contributed by atoms with van der Waals surface area (Å²) in [7, 11) is 2.13. The minimum absolute atomic E-state index is 0.153. The summed E-state index contributed by atoms with van der Waals surface area (Å²) in [5.74, 6) is 1.15. The molecule has 0 spiro atoms. The van der Waals surface area contributed by atoms with Crippen LogP contribution in [0.3, 0.4) is 0 Å². The highest BCUT2D eigenvalue weighted by molar-refractivity contribution is 7.98. The summed E-state index contributed by atoms with van der Waals surface area (Å²) < 4.78 is 0.